The van der Waals surface area contributed by atoms with E-state index < -0.39 is 37.0 Å². The number of amides is 1. The largest absolute Gasteiger partial charge is 0.465 e. The molecule has 1 aromatic heterocycles. The second-order valence-corrected chi connectivity index (χ2v) is 5.77. The maximum atomic E-state index is 13.7. The molecule has 0 unspecified atom stereocenters. The van der Waals surface area contributed by atoms with Crippen LogP contribution in [0, 0.1) is 5.82 Å². The molecule has 0 aliphatic heterocycles. The quantitative estimate of drug-likeness (QED) is 0.500. The van der Waals surface area contributed by atoms with Gasteiger partial charge in [0.05, 0.1) is 18.4 Å². The Morgan fingerprint density at radius 1 is 1.25 bits per heavy atom. The molecule has 0 saturated heterocycles. The first-order valence-electron chi connectivity index (χ1n) is 8.39. The molecular weight excluding hydrogens is 384 g/mol. The van der Waals surface area contributed by atoms with Gasteiger partial charge in [0.2, 0.25) is 5.91 Å². The summed E-state index contributed by atoms with van der Waals surface area (Å²) in [5.74, 6) is -2.16. The Bertz CT molecular complexity index is 820. The number of oxazole rings is 1. The third kappa shape index (κ3) is 6.36. The number of aromatic nitrogens is 1. The number of esters is 1. The van der Waals surface area contributed by atoms with Crippen molar-refractivity contribution in [2.45, 2.75) is 25.9 Å². The SMILES string of the molecule is CCOC(=O)CN(CC(F)(F)F)C(=O)CCc1ncc(-c2ccccc2F)o1. The molecule has 1 heterocycles. The van der Waals surface area contributed by atoms with Crippen molar-refractivity contribution in [3.8, 4) is 11.3 Å². The van der Waals surface area contributed by atoms with E-state index in [1.54, 1.807) is 6.07 Å². The zero-order valence-electron chi connectivity index (χ0n) is 15.0. The second-order valence-electron chi connectivity index (χ2n) is 5.77. The summed E-state index contributed by atoms with van der Waals surface area (Å²) in [5.41, 5.74) is 0.175. The summed E-state index contributed by atoms with van der Waals surface area (Å²) >= 11 is 0. The number of carbonyl (C=O) groups is 2. The molecule has 0 saturated carbocycles. The summed E-state index contributed by atoms with van der Waals surface area (Å²) in [4.78, 5) is 27.9. The van der Waals surface area contributed by atoms with Gasteiger partial charge in [0.1, 0.15) is 18.9 Å². The van der Waals surface area contributed by atoms with E-state index >= 15 is 0 Å². The number of hydrogen-bond acceptors (Lipinski definition) is 5. The Hall–Kier alpha value is -2.91. The topological polar surface area (TPSA) is 72.6 Å². The summed E-state index contributed by atoms with van der Waals surface area (Å²) < 4.78 is 61.8. The number of rotatable bonds is 8. The van der Waals surface area contributed by atoms with Crippen LogP contribution in [-0.4, -0.2) is 47.6 Å². The number of benzene rings is 1. The van der Waals surface area contributed by atoms with Crippen LogP contribution in [0.3, 0.4) is 0 Å². The molecule has 2 rings (SSSR count). The number of hydrogen-bond donors (Lipinski definition) is 0. The summed E-state index contributed by atoms with van der Waals surface area (Å²) in [6, 6.07) is 5.84. The molecule has 0 bridgehead atoms. The Kier molecular flexibility index (Phi) is 7.13. The van der Waals surface area contributed by atoms with Gasteiger partial charge in [-0.05, 0) is 19.1 Å². The molecule has 1 aromatic carbocycles. The van der Waals surface area contributed by atoms with E-state index in [0.29, 0.717) is 4.90 Å². The van der Waals surface area contributed by atoms with Gasteiger partial charge in [0.25, 0.3) is 0 Å². The first-order valence-corrected chi connectivity index (χ1v) is 8.39. The summed E-state index contributed by atoms with van der Waals surface area (Å²) in [6.45, 7) is -0.888. The number of carbonyl (C=O) groups excluding carboxylic acids is 2. The minimum Gasteiger partial charge on any atom is -0.465 e. The molecule has 1 amide bonds. The number of ether oxygens (including phenoxy) is 1. The lowest BCUT2D eigenvalue weighted by Gasteiger charge is -2.22. The Labute approximate surface area is 158 Å². The predicted molar refractivity (Wildman–Crippen MR) is 89.5 cm³/mol. The van der Waals surface area contributed by atoms with E-state index in [1.165, 1.54) is 31.3 Å². The number of alkyl halides is 3. The maximum absolute atomic E-state index is 13.7. The molecule has 10 heteroatoms. The number of halogens is 4. The molecule has 0 N–H and O–H groups in total. The van der Waals surface area contributed by atoms with Crippen molar-refractivity contribution in [3.05, 3.63) is 42.2 Å². The van der Waals surface area contributed by atoms with Gasteiger partial charge in [-0.2, -0.15) is 13.2 Å². The van der Waals surface area contributed by atoms with Gasteiger partial charge in [-0.15, -0.1) is 0 Å². The summed E-state index contributed by atoms with van der Waals surface area (Å²) in [6.07, 6.45) is -3.87. The highest BCUT2D eigenvalue weighted by Gasteiger charge is 2.34. The van der Waals surface area contributed by atoms with Crippen LogP contribution in [0.25, 0.3) is 11.3 Å². The lowest BCUT2D eigenvalue weighted by Crippen LogP contribution is -2.42. The van der Waals surface area contributed by atoms with Crippen LogP contribution in [0.15, 0.2) is 34.9 Å². The van der Waals surface area contributed by atoms with Crippen molar-refractivity contribution in [2.24, 2.45) is 0 Å². The van der Waals surface area contributed by atoms with Gasteiger partial charge in [0, 0.05) is 12.8 Å². The van der Waals surface area contributed by atoms with Gasteiger partial charge in [-0.25, -0.2) is 9.37 Å². The van der Waals surface area contributed by atoms with Crippen LogP contribution in [-0.2, 0) is 20.7 Å². The van der Waals surface area contributed by atoms with Crippen molar-refractivity contribution in [3.63, 3.8) is 0 Å². The Morgan fingerprint density at radius 3 is 2.61 bits per heavy atom. The van der Waals surface area contributed by atoms with E-state index in [9.17, 15) is 27.2 Å². The molecule has 0 radical (unpaired) electrons. The van der Waals surface area contributed by atoms with Crippen molar-refractivity contribution in [2.75, 3.05) is 19.7 Å². The second kappa shape index (κ2) is 9.34. The molecule has 0 aliphatic rings. The fraction of sp³-hybridized carbons (Fsp3) is 0.389. The average molecular weight is 402 g/mol. The molecular formula is C18H18F4N2O4. The zero-order chi connectivity index (χ0) is 20.7. The fourth-order valence-corrected chi connectivity index (χ4v) is 2.39. The first kappa shape index (κ1) is 21.4. The van der Waals surface area contributed by atoms with E-state index in [2.05, 4.69) is 9.72 Å². The van der Waals surface area contributed by atoms with Crippen LogP contribution in [0.4, 0.5) is 17.6 Å². The number of nitrogens with zero attached hydrogens (tertiary/aromatic N) is 2. The van der Waals surface area contributed by atoms with Crippen LogP contribution < -0.4 is 0 Å². The van der Waals surface area contributed by atoms with E-state index in [4.69, 9.17) is 4.42 Å². The minimum absolute atomic E-state index is 0.0119. The van der Waals surface area contributed by atoms with Gasteiger partial charge in [-0.3, -0.25) is 9.59 Å². The molecule has 0 aliphatic carbocycles. The van der Waals surface area contributed by atoms with E-state index in [1.807, 2.05) is 0 Å². The van der Waals surface area contributed by atoms with E-state index in [0.717, 1.165) is 0 Å². The van der Waals surface area contributed by atoms with Crippen molar-refractivity contribution in [1.82, 2.24) is 9.88 Å². The monoisotopic (exact) mass is 402 g/mol. The van der Waals surface area contributed by atoms with Gasteiger partial charge < -0.3 is 14.1 Å². The third-order valence-corrected chi connectivity index (χ3v) is 3.59. The van der Waals surface area contributed by atoms with Gasteiger partial charge >= 0.3 is 12.1 Å². The highest BCUT2D eigenvalue weighted by Crippen LogP contribution is 2.24. The van der Waals surface area contributed by atoms with Crippen molar-refractivity contribution in [1.29, 1.82) is 0 Å². The highest BCUT2D eigenvalue weighted by atomic mass is 19.4. The van der Waals surface area contributed by atoms with Crippen molar-refractivity contribution < 1.29 is 36.3 Å². The molecule has 0 atom stereocenters. The van der Waals surface area contributed by atoms with Gasteiger partial charge in [-0.1, -0.05) is 12.1 Å². The molecule has 6 nitrogen and oxygen atoms in total. The van der Waals surface area contributed by atoms with E-state index in [-0.39, 0.29) is 36.7 Å². The molecule has 2 aromatic rings. The smallest absolute Gasteiger partial charge is 0.406 e. The average Bonchev–Trinajstić information content (AvgIpc) is 3.07. The van der Waals surface area contributed by atoms with Crippen LogP contribution in [0.1, 0.15) is 19.2 Å². The lowest BCUT2D eigenvalue weighted by molar-refractivity contribution is -0.167. The summed E-state index contributed by atoms with van der Waals surface area (Å²) in [7, 11) is 0. The summed E-state index contributed by atoms with van der Waals surface area (Å²) in [5, 5.41) is 0. The standard InChI is InChI=1S/C18H18F4N2O4/c1-2-27-17(26)10-24(11-18(20,21)22)16(25)8-7-15-23-9-14(28-15)12-5-3-4-6-13(12)19/h3-6,9H,2,7-8,10-11H2,1H3. The maximum Gasteiger partial charge on any atom is 0.406 e. The lowest BCUT2D eigenvalue weighted by atomic mass is 10.2. The normalized spacial score (nSPS) is 11.3. The zero-order valence-corrected chi connectivity index (χ0v) is 15.0. The van der Waals surface area contributed by atoms with Gasteiger partial charge in [0.15, 0.2) is 11.7 Å². The first-order chi connectivity index (χ1) is 13.2. The molecule has 0 fully saturated rings. The highest BCUT2D eigenvalue weighted by molar-refractivity contribution is 5.82. The molecule has 152 valence electrons. The van der Waals surface area contributed by atoms with Crippen molar-refractivity contribution >= 4 is 11.9 Å². The Morgan fingerprint density at radius 2 is 1.96 bits per heavy atom. The van der Waals surface area contributed by atoms with Crippen LogP contribution in [0.5, 0.6) is 0 Å². The van der Waals surface area contributed by atoms with Crippen LogP contribution in [0.2, 0.25) is 0 Å². The minimum atomic E-state index is -4.66. The Balaban J connectivity index is 2.01. The molecule has 28 heavy (non-hydrogen) atoms. The van der Waals surface area contributed by atoms with Crippen LogP contribution >= 0.6 is 0 Å². The predicted octanol–water partition coefficient (Wildman–Crippen LogP) is 3.37. The fourth-order valence-electron chi connectivity index (χ4n) is 2.39. The molecule has 0 spiro atoms. The third-order valence-electron chi connectivity index (χ3n) is 3.59. The number of aryl methyl sites for hydroxylation is 1.